The Morgan fingerprint density at radius 3 is 2.60 bits per heavy atom. The minimum atomic E-state index is -4.47. The summed E-state index contributed by atoms with van der Waals surface area (Å²) in [5, 5.41) is 8.57. The van der Waals surface area contributed by atoms with Gasteiger partial charge in [-0.3, -0.25) is 0 Å². The van der Waals surface area contributed by atoms with Crippen molar-refractivity contribution in [3.05, 3.63) is 35.4 Å². The lowest BCUT2D eigenvalue weighted by Gasteiger charge is -2.17. The van der Waals surface area contributed by atoms with E-state index in [2.05, 4.69) is 0 Å². The molecule has 0 aliphatic carbocycles. The van der Waals surface area contributed by atoms with E-state index in [1.165, 1.54) is 12.1 Å². The monoisotopic (exact) mass is 288 g/mol. The normalized spacial score (nSPS) is 13.4. The largest absolute Gasteiger partial charge is 0.490 e. The third-order valence-electron chi connectivity index (χ3n) is 2.65. The van der Waals surface area contributed by atoms with Crippen molar-refractivity contribution >= 4 is 12.0 Å². The van der Waals surface area contributed by atoms with Gasteiger partial charge in [0.2, 0.25) is 0 Å². The van der Waals surface area contributed by atoms with Gasteiger partial charge < -0.3 is 9.84 Å². The van der Waals surface area contributed by atoms with Crippen molar-refractivity contribution in [1.29, 1.82) is 0 Å². The Morgan fingerprint density at radius 1 is 1.45 bits per heavy atom. The fourth-order valence-corrected chi connectivity index (χ4v) is 1.41. The maximum absolute atomic E-state index is 12.7. The quantitative estimate of drug-likeness (QED) is 0.834. The molecule has 0 radical (unpaired) electrons. The SMILES string of the molecule is CCC(C)Oc1cc(C(F)(F)F)ccc1/C=C/C(=O)O. The zero-order valence-electron chi connectivity index (χ0n) is 11.1. The van der Waals surface area contributed by atoms with Crippen LogP contribution in [0.1, 0.15) is 31.4 Å². The Kier molecular flexibility index (Phi) is 5.19. The number of benzene rings is 1. The van der Waals surface area contributed by atoms with Crippen LogP contribution in [-0.4, -0.2) is 17.2 Å². The standard InChI is InChI=1S/C14H15F3O3/c1-3-9(2)20-12-8-11(14(15,16)17)6-4-10(12)5-7-13(18)19/h4-9H,3H2,1-2H3,(H,18,19)/b7-5+. The highest BCUT2D eigenvalue weighted by atomic mass is 19.4. The molecule has 0 heterocycles. The van der Waals surface area contributed by atoms with Gasteiger partial charge in [-0.1, -0.05) is 13.0 Å². The Morgan fingerprint density at radius 2 is 2.10 bits per heavy atom. The number of rotatable bonds is 5. The highest BCUT2D eigenvalue weighted by Gasteiger charge is 2.31. The molecule has 0 amide bonds. The predicted molar refractivity (Wildman–Crippen MR) is 68.5 cm³/mol. The summed E-state index contributed by atoms with van der Waals surface area (Å²) in [6, 6.07) is 2.97. The minimum Gasteiger partial charge on any atom is -0.490 e. The molecule has 0 bridgehead atoms. The van der Waals surface area contributed by atoms with E-state index in [-0.39, 0.29) is 11.9 Å². The topological polar surface area (TPSA) is 46.5 Å². The van der Waals surface area contributed by atoms with Gasteiger partial charge in [0.1, 0.15) is 5.75 Å². The number of hydrogen-bond donors (Lipinski definition) is 1. The second kappa shape index (κ2) is 6.45. The van der Waals surface area contributed by atoms with Crippen LogP contribution >= 0.6 is 0 Å². The van der Waals surface area contributed by atoms with Gasteiger partial charge in [-0.2, -0.15) is 13.2 Å². The third kappa shape index (κ3) is 4.60. The maximum Gasteiger partial charge on any atom is 0.416 e. The van der Waals surface area contributed by atoms with Crippen LogP contribution in [0.4, 0.5) is 13.2 Å². The lowest BCUT2D eigenvalue weighted by Crippen LogP contribution is -2.12. The Hall–Kier alpha value is -1.98. The molecule has 1 aromatic rings. The Bertz CT molecular complexity index is 507. The molecule has 1 unspecified atom stereocenters. The molecule has 0 saturated heterocycles. The number of carboxylic acid groups (broad SMARTS) is 1. The van der Waals surface area contributed by atoms with E-state index in [1.807, 2.05) is 6.92 Å². The summed E-state index contributed by atoms with van der Waals surface area (Å²) in [7, 11) is 0. The summed E-state index contributed by atoms with van der Waals surface area (Å²) >= 11 is 0. The summed E-state index contributed by atoms with van der Waals surface area (Å²) in [5.41, 5.74) is -0.538. The lowest BCUT2D eigenvalue weighted by molar-refractivity contribution is -0.137. The van der Waals surface area contributed by atoms with Gasteiger partial charge in [0.25, 0.3) is 0 Å². The molecule has 6 heteroatoms. The van der Waals surface area contributed by atoms with Crippen molar-refractivity contribution in [2.75, 3.05) is 0 Å². The van der Waals surface area contributed by atoms with Gasteiger partial charge in [0.05, 0.1) is 11.7 Å². The van der Waals surface area contributed by atoms with Gasteiger partial charge >= 0.3 is 12.1 Å². The smallest absolute Gasteiger partial charge is 0.416 e. The van der Waals surface area contributed by atoms with Crippen molar-refractivity contribution in [3.8, 4) is 5.75 Å². The molecule has 0 aliphatic rings. The first-order valence-corrected chi connectivity index (χ1v) is 6.03. The number of hydrogen-bond acceptors (Lipinski definition) is 2. The zero-order chi connectivity index (χ0) is 15.3. The van der Waals surface area contributed by atoms with Crippen LogP contribution in [0.15, 0.2) is 24.3 Å². The summed E-state index contributed by atoms with van der Waals surface area (Å²) in [6.07, 6.45) is -2.05. The number of ether oxygens (including phenoxy) is 1. The van der Waals surface area contributed by atoms with Gasteiger partial charge in [-0.15, -0.1) is 0 Å². The molecular formula is C14H15F3O3. The van der Waals surface area contributed by atoms with E-state index in [1.54, 1.807) is 6.92 Å². The van der Waals surface area contributed by atoms with Crippen LogP contribution in [-0.2, 0) is 11.0 Å². The first kappa shape index (κ1) is 16.1. The van der Waals surface area contributed by atoms with E-state index in [0.717, 1.165) is 18.2 Å². The molecule has 0 spiro atoms. The second-order valence-electron chi connectivity index (χ2n) is 4.26. The molecule has 110 valence electrons. The number of aliphatic carboxylic acids is 1. The van der Waals surface area contributed by atoms with Crippen molar-refractivity contribution in [2.24, 2.45) is 0 Å². The molecular weight excluding hydrogens is 273 g/mol. The van der Waals surface area contributed by atoms with Crippen LogP contribution in [0.3, 0.4) is 0 Å². The van der Waals surface area contributed by atoms with Gasteiger partial charge in [0.15, 0.2) is 0 Å². The van der Waals surface area contributed by atoms with Crippen LogP contribution in [0, 0.1) is 0 Å². The number of carboxylic acids is 1. The fourth-order valence-electron chi connectivity index (χ4n) is 1.41. The molecule has 0 saturated carbocycles. The molecule has 0 fully saturated rings. The van der Waals surface area contributed by atoms with Gasteiger partial charge in [-0.05, 0) is 31.6 Å². The van der Waals surface area contributed by atoms with E-state index in [4.69, 9.17) is 9.84 Å². The summed E-state index contributed by atoms with van der Waals surface area (Å²) in [5.74, 6) is -1.16. The van der Waals surface area contributed by atoms with E-state index in [9.17, 15) is 18.0 Å². The summed E-state index contributed by atoms with van der Waals surface area (Å²) < 4.78 is 43.4. The molecule has 0 aromatic heterocycles. The second-order valence-corrected chi connectivity index (χ2v) is 4.26. The highest BCUT2D eigenvalue weighted by molar-refractivity contribution is 5.85. The number of halogens is 3. The van der Waals surface area contributed by atoms with E-state index >= 15 is 0 Å². The van der Waals surface area contributed by atoms with Crippen LogP contribution in [0.5, 0.6) is 5.75 Å². The highest BCUT2D eigenvalue weighted by Crippen LogP contribution is 2.34. The van der Waals surface area contributed by atoms with Crippen molar-refractivity contribution in [3.63, 3.8) is 0 Å². The molecule has 0 aliphatic heterocycles. The maximum atomic E-state index is 12.7. The lowest BCUT2D eigenvalue weighted by atomic mass is 10.1. The Labute approximate surface area is 114 Å². The van der Waals surface area contributed by atoms with Crippen molar-refractivity contribution in [1.82, 2.24) is 0 Å². The average molecular weight is 288 g/mol. The first-order valence-electron chi connectivity index (χ1n) is 6.03. The van der Waals surface area contributed by atoms with Crippen LogP contribution in [0.2, 0.25) is 0 Å². The van der Waals surface area contributed by atoms with Crippen LogP contribution in [0.25, 0.3) is 6.08 Å². The number of alkyl halides is 3. The molecule has 1 atom stereocenters. The zero-order valence-corrected chi connectivity index (χ0v) is 11.1. The van der Waals surface area contributed by atoms with Crippen molar-refractivity contribution < 1.29 is 27.8 Å². The fraction of sp³-hybridized carbons (Fsp3) is 0.357. The summed E-state index contributed by atoms with van der Waals surface area (Å²) in [4.78, 5) is 10.5. The Balaban J connectivity index is 3.19. The molecule has 1 N–H and O–H groups in total. The molecule has 1 rings (SSSR count). The summed E-state index contributed by atoms with van der Waals surface area (Å²) in [6.45, 7) is 3.57. The van der Waals surface area contributed by atoms with E-state index < -0.39 is 17.7 Å². The third-order valence-corrected chi connectivity index (χ3v) is 2.65. The van der Waals surface area contributed by atoms with Gasteiger partial charge in [-0.25, -0.2) is 4.79 Å². The number of carbonyl (C=O) groups is 1. The van der Waals surface area contributed by atoms with Gasteiger partial charge in [0, 0.05) is 11.6 Å². The average Bonchev–Trinajstić information content (AvgIpc) is 2.35. The molecule has 3 nitrogen and oxygen atoms in total. The van der Waals surface area contributed by atoms with Crippen LogP contribution < -0.4 is 4.74 Å². The molecule has 20 heavy (non-hydrogen) atoms. The van der Waals surface area contributed by atoms with E-state index in [0.29, 0.717) is 12.0 Å². The molecule has 1 aromatic carbocycles. The first-order chi connectivity index (χ1) is 9.24. The van der Waals surface area contributed by atoms with Crippen molar-refractivity contribution in [2.45, 2.75) is 32.5 Å². The minimum absolute atomic E-state index is 0.0201. The predicted octanol–water partition coefficient (Wildman–Crippen LogP) is 3.98.